The number of rotatable bonds is 6. The fourth-order valence-corrected chi connectivity index (χ4v) is 4.83. The smallest absolute Gasteiger partial charge is 0.420 e. The molecule has 1 aliphatic rings. The van der Waals surface area contributed by atoms with Gasteiger partial charge in [0, 0.05) is 36.0 Å². The first-order valence-electron chi connectivity index (χ1n) is 13.3. The minimum Gasteiger partial charge on any atom is -0.435 e. The van der Waals surface area contributed by atoms with Crippen LogP contribution in [0.4, 0.5) is 30.4 Å². The Hall–Kier alpha value is -4.60. The summed E-state index contributed by atoms with van der Waals surface area (Å²) in [4.78, 5) is 31.6. The maximum absolute atomic E-state index is 13.8. The number of pyridine rings is 1. The number of aromatic nitrogens is 1. The van der Waals surface area contributed by atoms with Crippen LogP contribution in [-0.4, -0.2) is 29.9 Å². The molecule has 2 N–H and O–H groups in total. The Morgan fingerprint density at radius 1 is 1.00 bits per heavy atom. The van der Waals surface area contributed by atoms with E-state index >= 15 is 0 Å². The molecular weight excluding hydrogens is 533 g/mol. The zero-order valence-corrected chi connectivity index (χ0v) is 22.6. The molecule has 1 saturated heterocycles. The molecule has 41 heavy (non-hydrogen) atoms. The summed E-state index contributed by atoms with van der Waals surface area (Å²) in [6, 6.07) is 18.4. The maximum atomic E-state index is 13.8. The van der Waals surface area contributed by atoms with E-state index < -0.39 is 23.4 Å². The molecule has 7 nitrogen and oxygen atoms in total. The van der Waals surface area contributed by atoms with E-state index in [1.54, 1.807) is 41.3 Å². The Labute approximate surface area is 235 Å². The molecule has 0 aliphatic carbocycles. The number of carbonyl (C=O) groups is 2. The van der Waals surface area contributed by atoms with Crippen LogP contribution in [-0.2, 0) is 6.18 Å². The first-order chi connectivity index (χ1) is 19.6. The highest BCUT2D eigenvalue weighted by Crippen LogP contribution is 2.38. The van der Waals surface area contributed by atoms with E-state index in [9.17, 15) is 22.8 Å². The lowest BCUT2D eigenvalue weighted by Crippen LogP contribution is -2.33. The summed E-state index contributed by atoms with van der Waals surface area (Å²) in [5.41, 5.74) is 2.54. The number of aryl methyl sites for hydroxylation is 1. The molecule has 2 aromatic heterocycles. The third-order valence-electron chi connectivity index (χ3n) is 7.06. The van der Waals surface area contributed by atoms with Crippen molar-refractivity contribution in [2.45, 2.75) is 32.9 Å². The molecule has 3 heterocycles. The topological polar surface area (TPSA) is 87.5 Å². The van der Waals surface area contributed by atoms with Crippen molar-refractivity contribution in [2.24, 2.45) is 5.92 Å². The average molecular weight is 563 g/mol. The van der Waals surface area contributed by atoms with Crippen molar-refractivity contribution in [1.29, 1.82) is 0 Å². The highest BCUT2D eigenvalue weighted by Gasteiger charge is 2.40. The van der Waals surface area contributed by atoms with Gasteiger partial charge >= 0.3 is 6.18 Å². The Kier molecular flexibility index (Phi) is 7.83. The number of alkyl halides is 3. The molecular formula is C31H29F3N4O3. The molecule has 5 rings (SSSR count). The highest BCUT2D eigenvalue weighted by molar-refractivity contribution is 6.05. The monoisotopic (exact) mass is 562 g/mol. The SMILES string of the molecule is Cc1ccccc1NC(=O)c1ccc(-c2ccc(NC(=O)c3oc(N4CCCC(C)C4)cc3C(F)(F)F)cn2)cc1. The van der Waals surface area contributed by atoms with Crippen LogP contribution in [0.5, 0.6) is 0 Å². The third kappa shape index (κ3) is 6.42. The second kappa shape index (κ2) is 11.5. The first kappa shape index (κ1) is 27.9. The second-order valence-electron chi connectivity index (χ2n) is 10.3. The van der Waals surface area contributed by atoms with E-state index in [0.29, 0.717) is 30.3 Å². The second-order valence-corrected chi connectivity index (χ2v) is 10.3. The van der Waals surface area contributed by atoms with E-state index in [-0.39, 0.29) is 17.5 Å². The summed E-state index contributed by atoms with van der Waals surface area (Å²) >= 11 is 0. The van der Waals surface area contributed by atoms with Crippen LogP contribution in [0, 0.1) is 12.8 Å². The van der Waals surface area contributed by atoms with E-state index in [2.05, 4.69) is 15.6 Å². The summed E-state index contributed by atoms with van der Waals surface area (Å²) in [7, 11) is 0. The lowest BCUT2D eigenvalue weighted by atomic mass is 10.0. The van der Waals surface area contributed by atoms with Crippen LogP contribution >= 0.6 is 0 Å². The third-order valence-corrected chi connectivity index (χ3v) is 7.06. The van der Waals surface area contributed by atoms with Crippen LogP contribution in [0.2, 0.25) is 0 Å². The number of halogens is 3. The fourth-order valence-electron chi connectivity index (χ4n) is 4.83. The van der Waals surface area contributed by atoms with Crippen LogP contribution in [0.15, 0.2) is 77.3 Å². The molecule has 0 radical (unpaired) electrons. The van der Waals surface area contributed by atoms with Gasteiger partial charge in [-0.15, -0.1) is 0 Å². The van der Waals surface area contributed by atoms with Crippen LogP contribution < -0.4 is 15.5 Å². The van der Waals surface area contributed by atoms with Gasteiger partial charge in [-0.1, -0.05) is 37.3 Å². The van der Waals surface area contributed by atoms with E-state index in [1.165, 1.54) is 6.20 Å². The number of carbonyl (C=O) groups excluding carboxylic acids is 2. The van der Waals surface area contributed by atoms with Gasteiger partial charge in [0.25, 0.3) is 11.8 Å². The lowest BCUT2D eigenvalue weighted by molar-refractivity contribution is -0.138. The molecule has 1 aliphatic heterocycles. The summed E-state index contributed by atoms with van der Waals surface area (Å²) < 4.78 is 46.7. The molecule has 1 atom stereocenters. The summed E-state index contributed by atoms with van der Waals surface area (Å²) in [6.07, 6.45) is -1.56. The van der Waals surface area contributed by atoms with Crippen molar-refractivity contribution in [3.05, 3.63) is 95.4 Å². The molecule has 1 fully saturated rings. The van der Waals surface area contributed by atoms with Crippen molar-refractivity contribution in [2.75, 3.05) is 28.6 Å². The number of para-hydroxylation sites is 1. The van der Waals surface area contributed by atoms with Gasteiger partial charge in [0.2, 0.25) is 5.76 Å². The molecule has 1 unspecified atom stereocenters. The van der Waals surface area contributed by atoms with Crippen LogP contribution in [0.25, 0.3) is 11.3 Å². The quantitative estimate of drug-likeness (QED) is 0.256. The Morgan fingerprint density at radius 2 is 1.76 bits per heavy atom. The standard InChI is InChI=1S/C31H29F3N4O3/c1-19-6-5-15-38(18-19)27-16-24(31(32,33)34)28(41-27)30(40)36-23-13-14-26(35-17-23)21-9-11-22(12-10-21)29(39)37-25-8-4-3-7-20(25)2/h3-4,7-14,16-17,19H,5-6,15,18H2,1-2H3,(H,36,40)(H,37,39). The largest absolute Gasteiger partial charge is 0.435 e. The summed E-state index contributed by atoms with van der Waals surface area (Å²) in [5.74, 6) is -1.68. The van der Waals surface area contributed by atoms with Gasteiger partial charge < -0.3 is 20.0 Å². The maximum Gasteiger partial charge on any atom is 0.420 e. The number of nitrogens with zero attached hydrogens (tertiary/aromatic N) is 2. The summed E-state index contributed by atoms with van der Waals surface area (Å²) in [5, 5.41) is 5.34. The van der Waals surface area contributed by atoms with Gasteiger partial charge in [0.15, 0.2) is 5.88 Å². The van der Waals surface area contributed by atoms with E-state index in [1.807, 2.05) is 38.1 Å². The lowest BCUT2D eigenvalue weighted by Gasteiger charge is -2.30. The normalized spacial score (nSPS) is 15.4. The number of hydrogen-bond acceptors (Lipinski definition) is 5. The molecule has 0 saturated carbocycles. The molecule has 2 aromatic carbocycles. The fraction of sp³-hybridized carbons (Fsp3) is 0.258. The Bertz CT molecular complexity index is 1550. The van der Waals surface area contributed by atoms with Gasteiger partial charge in [-0.3, -0.25) is 14.6 Å². The predicted octanol–water partition coefficient (Wildman–Crippen LogP) is 7.41. The van der Waals surface area contributed by atoms with Crippen molar-refractivity contribution >= 4 is 29.1 Å². The van der Waals surface area contributed by atoms with Crippen molar-refractivity contribution < 1.29 is 27.2 Å². The molecule has 4 aromatic rings. The Balaban J connectivity index is 1.27. The van der Waals surface area contributed by atoms with Crippen LogP contribution in [0.3, 0.4) is 0 Å². The number of hydrogen-bond donors (Lipinski definition) is 2. The number of piperidine rings is 1. The van der Waals surface area contributed by atoms with E-state index in [4.69, 9.17) is 4.42 Å². The summed E-state index contributed by atoms with van der Waals surface area (Å²) in [6.45, 7) is 5.07. The van der Waals surface area contributed by atoms with Crippen molar-refractivity contribution in [3.8, 4) is 11.3 Å². The van der Waals surface area contributed by atoms with E-state index in [0.717, 1.165) is 35.7 Å². The molecule has 10 heteroatoms. The van der Waals surface area contributed by atoms with Crippen molar-refractivity contribution in [1.82, 2.24) is 4.98 Å². The van der Waals surface area contributed by atoms with Gasteiger partial charge in [-0.05, 0) is 61.6 Å². The Morgan fingerprint density at radius 3 is 2.41 bits per heavy atom. The van der Waals surface area contributed by atoms with Crippen LogP contribution in [0.1, 0.15) is 51.8 Å². The number of anilines is 3. The highest BCUT2D eigenvalue weighted by atomic mass is 19.4. The molecule has 0 spiro atoms. The zero-order valence-electron chi connectivity index (χ0n) is 22.6. The van der Waals surface area contributed by atoms with Gasteiger partial charge in [0.05, 0.1) is 17.6 Å². The number of amides is 2. The number of furan rings is 1. The van der Waals surface area contributed by atoms with Gasteiger partial charge in [-0.25, -0.2) is 0 Å². The zero-order chi connectivity index (χ0) is 29.1. The molecule has 2 amide bonds. The number of benzene rings is 2. The minimum absolute atomic E-state index is 0.0403. The average Bonchev–Trinajstić information content (AvgIpc) is 3.42. The molecule has 212 valence electrons. The number of nitrogens with one attached hydrogen (secondary N) is 2. The molecule has 0 bridgehead atoms. The first-order valence-corrected chi connectivity index (χ1v) is 13.3. The van der Waals surface area contributed by atoms with Crippen molar-refractivity contribution in [3.63, 3.8) is 0 Å². The predicted molar refractivity (Wildman–Crippen MR) is 151 cm³/mol. The minimum atomic E-state index is -4.75. The van der Waals surface area contributed by atoms with Gasteiger partial charge in [0.1, 0.15) is 5.56 Å². The van der Waals surface area contributed by atoms with Gasteiger partial charge in [-0.2, -0.15) is 13.2 Å².